The Morgan fingerprint density at radius 3 is 2.14 bits per heavy atom. The van der Waals surface area contributed by atoms with E-state index in [9.17, 15) is 14.0 Å². The van der Waals surface area contributed by atoms with E-state index in [0.29, 0.717) is 36.6 Å². The van der Waals surface area contributed by atoms with Gasteiger partial charge in [-0.1, -0.05) is 18.2 Å². The average Bonchev–Trinajstić information content (AvgIpc) is 2.70. The molecule has 0 heterocycles. The zero-order valence-electron chi connectivity index (χ0n) is 16.3. The van der Waals surface area contributed by atoms with E-state index in [2.05, 4.69) is 5.32 Å². The summed E-state index contributed by atoms with van der Waals surface area (Å²) in [6.07, 6.45) is 0.605. The molecule has 28 heavy (non-hydrogen) atoms. The molecule has 2 amide bonds. The number of amides is 2. The quantitative estimate of drug-likeness (QED) is 0.717. The van der Waals surface area contributed by atoms with Crippen molar-refractivity contribution in [1.82, 2.24) is 10.2 Å². The van der Waals surface area contributed by atoms with Crippen LogP contribution in [0, 0.1) is 5.82 Å². The molecule has 0 spiro atoms. The van der Waals surface area contributed by atoms with Crippen molar-refractivity contribution in [2.75, 3.05) is 33.9 Å². The number of ether oxygens (including phenoxy) is 2. The fourth-order valence-electron chi connectivity index (χ4n) is 2.81. The molecule has 0 fully saturated rings. The second-order valence-corrected chi connectivity index (χ2v) is 6.18. The van der Waals surface area contributed by atoms with Crippen LogP contribution in [-0.4, -0.2) is 50.6 Å². The van der Waals surface area contributed by atoms with Crippen molar-refractivity contribution in [2.24, 2.45) is 0 Å². The first-order chi connectivity index (χ1) is 13.5. The monoisotopic (exact) mass is 388 g/mol. The molecule has 0 atom stereocenters. The summed E-state index contributed by atoms with van der Waals surface area (Å²) in [7, 11) is 2.97. The van der Waals surface area contributed by atoms with Crippen LogP contribution in [0.4, 0.5) is 4.39 Å². The van der Waals surface area contributed by atoms with Gasteiger partial charge in [0.2, 0.25) is 5.91 Å². The van der Waals surface area contributed by atoms with Crippen LogP contribution in [0.1, 0.15) is 22.8 Å². The van der Waals surface area contributed by atoms with Crippen molar-refractivity contribution in [1.29, 1.82) is 0 Å². The Morgan fingerprint density at radius 1 is 1.00 bits per heavy atom. The summed E-state index contributed by atoms with van der Waals surface area (Å²) in [6.45, 7) is 2.60. The first kappa shape index (κ1) is 21.2. The highest BCUT2D eigenvalue weighted by Crippen LogP contribution is 2.27. The van der Waals surface area contributed by atoms with Gasteiger partial charge in [0, 0.05) is 26.6 Å². The Bertz CT molecular complexity index is 786. The number of rotatable bonds is 9. The molecule has 2 rings (SSSR count). The molecule has 0 aliphatic heterocycles. The highest BCUT2D eigenvalue weighted by Gasteiger charge is 2.18. The largest absolute Gasteiger partial charge is 0.496 e. The molecule has 7 heteroatoms. The number of nitrogens with one attached hydrogen (secondary N) is 1. The van der Waals surface area contributed by atoms with Crippen LogP contribution in [0.2, 0.25) is 0 Å². The van der Waals surface area contributed by atoms with Gasteiger partial charge in [0.05, 0.1) is 14.2 Å². The molecule has 0 bridgehead atoms. The van der Waals surface area contributed by atoms with Gasteiger partial charge in [0.25, 0.3) is 5.91 Å². The lowest BCUT2D eigenvalue weighted by Crippen LogP contribution is -2.38. The lowest BCUT2D eigenvalue weighted by atomic mass is 10.1. The Balaban J connectivity index is 1.93. The normalized spacial score (nSPS) is 10.3. The smallest absolute Gasteiger partial charge is 0.258 e. The molecular formula is C21H25FN2O4. The van der Waals surface area contributed by atoms with Crippen molar-refractivity contribution in [3.63, 3.8) is 0 Å². The minimum atomic E-state index is -0.337. The number of carbonyl (C=O) groups excluding carboxylic acids is 2. The summed E-state index contributed by atoms with van der Waals surface area (Å²) < 4.78 is 23.5. The Labute approximate surface area is 164 Å². The van der Waals surface area contributed by atoms with Crippen LogP contribution in [0.5, 0.6) is 11.5 Å². The lowest BCUT2D eigenvalue weighted by molar-refractivity contribution is -0.128. The van der Waals surface area contributed by atoms with Gasteiger partial charge < -0.3 is 19.7 Å². The van der Waals surface area contributed by atoms with E-state index in [4.69, 9.17) is 9.47 Å². The van der Waals surface area contributed by atoms with Crippen LogP contribution in [0.3, 0.4) is 0 Å². The van der Waals surface area contributed by atoms with Crippen molar-refractivity contribution in [2.45, 2.75) is 13.3 Å². The lowest BCUT2D eigenvalue weighted by Gasteiger charge is -2.21. The molecule has 6 nitrogen and oxygen atoms in total. The second-order valence-electron chi connectivity index (χ2n) is 6.18. The first-order valence-corrected chi connectivity index (χ1v) is 8.95. The fraction of sp³-hybridized carbons (Fsp3) is 0.333. The van der Waals surface area contributed by atoms with Gasteiger partial charge in [-0.3, -0.25) is 9.59 Å². The maximum atomic E-state index is 13.0. The van der Waals surface area contributed by atoms with Gasteiger partial charge in [0.15, 0.2) is 0 Å². The molecule has 0 saturated carbocycles. The van der Waals surface area contributed by atoms with Crippen molar-refractivity contribution in [3.8, 4) is 11.5 Å². The van der Waals surface area contributed by atoms with E-state index in [-0.39, 0.29) is 24.2 Å². The molecule has 2 aromatic carbocycles. The van der Waals surface area contributed by atoms with Crippen LogP contribution in [0.25, 0.3) is 0 Å². The maximum absolute atomic E-state index is 13.0. The third-order valence-corrected chi connectivity index (χ3v) is 4.35. The number of carbonyl (C=O) groups is 2. The number of nitrogens with zero attached hydrogens (tertiary/aromatic N) is 1. The molecule has 0 aromatic heterocycles. The minimum Gasteiger partial charge on any atom is -0.496 e. The summed E-state index contributed by atoms with van der Waals surface area (Å²) in [5, 5.41) is 2.80. The molecule has 150 valence electrons. The Hall–Kier alpha value is -3.09. The third-order valence-electron chi connectivity index (χ3n) is 4.35. The molecule has 2 aromatic rings. The van der Waals surface area contributed by atoms with Crippen LogP contribution < -0.4 is 14.8 Å². The van der Waals surface area contributed by atoms with E-state index in [1.54, 1.807) is 35.2 Å². The number of halogens is 1. The maximum Gasteiger partial charge on any atom is 0.258 e. The highest BCUT2D eigenvalue weighted by molar-refractivity contribution is 5.99. The van der Waals surface area contributed by atoms with E-state index in [0.717, 1.165) is 5.56 Å². The van der Waals surface area contributed by atoms with E-state index < -0.39 is 0 Å². The second kappa shape index (κ2) is 10.3. The van der Waals surface area contributed by atoms with Crippen LogP contribution in [-0.2, 0) is 11.2 Å². The van der Waals surface area contributed by atoms with Crippen molar-refractivity contribution in [3.05, 3.63) is 59.4 Å². The van der Waals surface area contributed by atoms with Crippen LogP contribution >= 0.6 is 0 Å². The standard InChI is InChI=1S/C21H25FN2O4/c1-15(25)24(13-11-16-7-9-17(22)10-8-16)14-12-23-21(26)20-18(27-2)5-4-6-19(20)28-3/h4-10H,11-14H2,1-3H3,(H,23,26). The first-order valence-electron chi connectivity index (χ1n) is 8.95. The summed E-state index contributed by atoms with van der Waals surface area (Å²) in [6, 6.07) is 11.3. The van der Waals surface area contributed by atoms with E-state index >= 15 is 0 Å². The van der Waals surface area contributed by atoms with Gasteiger partial charge in [-0.15, -0.1) is 0 Å². The average molecular weight is 388 g/mol. The molecule has 0 radical (unpaired) electrons. The van der Waals surface area contributed by atoms with Gasteiger partial charge in [-0.2, -0.15) is 0 Å². The topological polar surface area (TPSA) is 67.9 Å². The number of hydrogen-bond donors (Lipinski definition) is 1. The van der Waals surface area contributed by atoms with Crippen molar-refractivity contribution >= 4 is 11.8 Å². The SMILES string of the molecule is COc1cccc(OC)c1C(=O)NCCN(CCc1ccc(F)cc1)C(C)=O. The van der Waals surface area contributed by atoms with Crippen LogP contribution in [0.15, 0.2) is 42.5 Å². The predicted octanol–water partition coefficient (Wildman–Crippen LogP) is 2.66. The van der Waals surface area contributed by atoms with Gasteiger partial charge in [-0.25, -0.2) is 4.39 Å². The summed E-state index contributed by atoms with van der Waals surface area (Å²) in [5.41, 5.74) is 1.25. The van der Waals surface area contributed by atoms with Gasteiger partial charge in [-0.05, 0) is 36.2 Å². The summed E-state index contributed by atoms with van der Waals surface area (Å²) in [5.74, 6) is 0.109. The molecule has 0 aliphatic carbocycles. The van der Waals surface area contributed by atoms with Crippen molar-refractivity contribution < 1.29 is 23.5 Å². The molecular weight excluding hydrogens is 363 g/mol. The summed E-state index contributed by atoms with van der Waals surface area (Å²) in [4.78, 5) is 26.1. The van der Waals surface area contributed by atoms with E-state index in [1.807, 2.05) is 0 Å². The zero-order valence-corrected chi connectivity index (χ0v) is 16.3. The minimum absolute atomic E-state index is 0.0915. The summed E-state index contributed by atoms with van der Waals surface area (Å²) >= 11 is 0. The zero-order chi connectivity index (χ0) is 20.5. The molecule has 1 N–H and O–H groups in total. The fourth-order valence-corrected chi connectivity index (χ4v) is 2.81. The Morgan fingerprint density at radius 2 is 1.61 bits per heavy atom. The van der Waals surface area contributed by atoms with E-state index in [1.165, 1.54) is 33.3 Å². The molecule has 0 unspecified atom stereocenters. The highest BCUT2D eigenvalue weighted by atomic mass is 19.1. The van der Waals surface area contributed by atoms with Gasteiger partial charge in [0.1, 0.15) is 22.9 Å². The Kier molecular flexibility index (Phi) is 7.80. The third kappa shape index (κ3) is 5.70. The number of hydrogen-bond acceptors (Lipinski definition) is 4. The molecule has 0 saturated heterocycles. The van der Waals surface area contributed by atoms with Gasteiger partial charge >= 0.3 is 0 Å². The molecule has 0 aliphatic rings. The number of benzene rings is 2. The predicted molar refractivity (Wildman–Crippen MR) is 104 cm³/mol. The number of methoxy groups -OCH3 is 2.